The van der Waals surface area contributed by atoms with Gasteiger partial charge in [0.25, 0.3) is 0 Å². The van der Waals surface area contributed by atoms with Crippen LogP contribution in [0.3, 0.4) is 0 Å². The van der Waals surface area contributed by atoms with Gasteiger partial charge in [-0.3, -0.25) is 0 Å². The topological polar surface area (TPSA) is 47.0 Å². The van der Waals surface area contributed by atoms with Crippen molar-refractivity contribution in [2.24, 2.45) is 5.92 Å². The Bertz CT molecular complexity index is 467. The Balaban J connectivity index is 1.74. The molecule has 2 aliphatic rings. The third kappa shape index (κ3) is 4.01. The molecule has 0 spiro atoms. The van der Waals surface area contributed by atoms with Crippen LogP contribution in [0.5, 0.6) is 0 Å². The Morgan fingerprint density at radius 2 is 1.95 bits per heavy atom. The van der Waals surface area contributed by atoms with Crippen molar-refractivity contribution >= 4 is 0 Å². The highest BCUT2D eigenvalue weighted by atomic mass is 16.5. The molecule has 1 aromatic heterocycles. The fourth-order valence-corrected chi connectivity index (χ4v) is 3.36. The molecule has 1 unspecified atom stereocenters. The smallest absolute Gasteiger partial charge is 0.157 e. The molecule has 0 aromatic carbocycles. The second kappa shape index (κ2) is 6.84. The van der Waals surface area contributed by atoms with Crippen LogP contribution >= 0.6 is 0 Å². The number of methoxy groups -OCH3 is 1. The molecule has 2 aliphatic carbocycles. The molecule has 0 saturated heterocycles. The molecule has 2 saturated carbocycles. The van der Waals surface area contributed by atoms with E-state index < -0.39 is 0 Å². The molecule has 0 bridgehead atoms. The molecular formula is C17H27N3O. The Kier molecular flexibility index (Phi) is 4.86. The van der Waals surface area contributed by atoms with Crippen LogP contribution in [0.2, 0.25) is 0 Å². The summed E-state index contributed by atoms with van der Waals surface area (Å²) in [4.78, 5) is 9.44. The second-order valence-electron chi connectivity index (χ2n) is 6.57. The zero-order valence-corrected chi connectivity index (χ0v) is 13.3. The predicted octanol–water partition coefficient (Wildman–Crippen LogP) is 3.30. The summed E-state index contributed by atoms with van der Waals surface area (Å²) in [5.41, 5.74) is 2.15. The van der Waals surface area contributed by atoms with Crippen molar-refractivity contribution in [1.29, 1.82) is 0 Å². The molecule has 21 heavy (non-hydrogen) atoms. The molecule has 4 nitrogen and oxygen atoms in total. The summed E-state index contributed by atoms with van der Waals surface area (Å²) < 4.78 is 5.78. The Morgan fingerprint density at radius 3 is 2.62 bits per heavy atom. The van der Waals surface area contributed by atoms with E-state index in [1.54, 1.807) is 7.11 Å². The molecule has 1 heterocycles. The van der Waals surface area contributed by atoms with E-state index in [0.29, 0.717) is 12.0 Å². The first-order chi connectivity index (χ1) is 10.3. The van der Waals surface area contributed by atoms with E-state index >= 15 is 0 Å². The summed E-state index contributed by atoms with van der Waals surface area (Å²) in [6.07, 6.45) is 9.14. The molecule has 0 amide bonds. The molecular weight excluding hydrogens is 262 g/mol. The van der Waals surface area contributed by atoms with E-state index in [2.05, 4.69) is 23.3 Å². The quantitative estimate of drug-likeness (QED) is 0.873. The van der Waals surface area contributed by atoms with E-state index in [0.717, 1.165) is 23.8 Å². The highest BCUT2D eigenvalue weighted by Crippen LogP contribution is 2.35. The highest BCUT2D eigenvalue weighted by molar-refractivity contribution is 5.12. The van der Waals surface area contributed by atoms with Gasteiger partial charge >= 0.3 is 0 Å². The molecule has 0 radical (unpaired) electrons. The summed E-state index contributed by atoms with van der Waals surface area (Å²) in [5.74, 6) is 1.46. The summed E-state index contributed by atoms with van der Waals surface area (Å²) in [5, 5.41) is 3.53. The van der Waals surface area contributed by atoms with Gasteiger partial charge in [0.05, 0.1) is 5.69 Å². The largest absolute Gasteiger partial charge is 0.373 e. The van der Waals surface area contributed by atoms with Crippen LogP contribution in [0.4, 0.5) is 0 Å². The minimum Gasteiger partial charge on any atom is -0.373 e. The monoisotopic (exact) mass is 289 g/mol. The van der Waals surface area contributed by atoms with Crippen molar-refractivity contribution in [3.63, 3.8) is 0 Å². The van der Waals surface area contributed by atoms with Crippen molar-refractivity contribution in [2.45, 2.75) is 70.6 Å². The number of rotatable bonds is 6. The molecule has 0 aliphatic heterocycles. The van der Waals surface area contributed by atoms with Gasteiger partial charge in [-0.25, -0.2) is 9.97 Å². The fraction of sp³-hybridized carbons (Fsp3) is 0.765. The minimum atomic E-state index is 0.0601. The SMILES string of the molecule is COC(c1nc(C)cc(CNC2CC2)n1)C1CCCCC1. The van der Waals surface area contributed by atoms with Gasteiger partial charge in [0.1, 0.15) is 6.10 Å². The number of aryl methyl sites for hydroxylation is 1. The number of nitrogens with zero attached hydrogens (tertiary/aromatic N) is 2. The van der Waals surface area contributed by atoms with E-state index in [4.69, 9.17) is 9.72 Å². The van der Waals surface area contributed by atoms with Gasteiger partial charge in [0.15, 0.2) is 5.82 Å². The number of aromatic nitrogens is 2. The van der Waals surface area contributed by atoms with Crippen molar-refractivity contribution in [3.05, 3.63) is 23.3 Å². The maximum Gasteiger partial charge on any atom is 0.157 e. The van der Waals surface area contributed by atoms with Crippen molar-refractivity contribution in [2.75, 3.05) is 7.11 Å². The van der Waals surface area contributed by atoms with Crippen LogP contribution in [0.15, 0.2) is 6.07 Å². The lowest BCUT2D eigenvalue weighted by atomic mass is 9.85. The van der Waals surface area contributed by atoms with Gasteiger partial charge in [0, 0.05) is 25.4 Å². The molecule has 2 fully saturated rings. The molecule has 1 aromatic rings. The van der Waals surface area contributed by atoms with Gasteiger partial charge < -0.3 is 10.1 Å². The Morgan fingerprint density at radius 1 is 1.19 bits per heavy atom. The average molecular weight is 289 g/mol. The lowest BCUT2D eigenvalue weighted by Gasteiger charge is -2.28. The maximum absolute atomic E-state index is 5.78. The number of hydrogen-bond donors (Lipinski definition) is 1. The van der Waals surface area contributed by atoms with Crippen molar-refractivity contribution in [1.82, 2.24) is 15.3 Å². The third-order valence-corrected chi connectivity index (χ3v) is 4.66. The van der Waals surface area contributed by atoms with Crippen LogP contribution in [0, 0.1) is 12.8 Å². The van der Waals surface area contributed by atoms with E-state index in [9.17, 15) is 0 Å². The van der Waals surface area contributed by atoms with Crippen LogP contribution in [-0.4, -0.2) is 23.1 Å². The van der Waals surface area contributed by atoms with Gasteiger partial charge in [0.2, 0.25) is 0 Å². The normalized spacial score (nSPS) is 21.4. The Labute approximate surface area is 127 Å². The zero-order valence-electron chi connectivity index (χ0n) is 13.3. The number of nitrogens with one attached hydrogen (secondary N) is 1. The molecule has 116 valence electrons. The second-order valence-corrected chi connectivity index (χ2v) is 6.57. The summed E-state index contributed by atoms with van der Waals surface area (Å²) in [6, 6.07) is 2.80. The molecule has 4 heteroatoms. The standard InChI is InChI=1S/C17H27N3O/c1-12-10-15(11-18-14-8-9-14)20-17(19-12)16(21-2)13-6-4-3-5-7-13/h10,13-14,16,18H,3-9,11H2,1-2H3. The van der Waals surface area contributed by atoms with Crippen LogP contribution in [0.25, 0.3) is 0 Å². The maximum atomic E-state index is 5.78. The zero-order chi connectivity index (χ0) is 14.7. The lowest BCUT2D eigenvalue weighted by Crippen LogP contribution is -2.22. The lowest BCUT2D eigenvalue weighted by molar-refractivity contribution is 0.0286. The van der Waals surface area contributed by atoms with E-state index in [1.165, 1.54) is 44.9 Å². The van der Waals surface area contributed by atoms with Gasteiger partial charge in [-0.15, -0.1) is 0 Å². The van der Waals surface area contributed by atoms with Crippen LogP contribution in [0.1, 0.15) is 68.3 Å². The number of hydrogen-bond acceptors (Lipinski definition) is 4. The van der Waals surface area contributed by atoms with E-state index in [-0.39, 0.29) is 6.10 Å². The van der Waals surface area contributed by atoms with Gasteiger partial charge in [-0.05, 0) is 44.6 Å². The first kappa shape index (κ1) is 14.9. The highest BCUT2D eigenvalue weighted by Gasteiger charge is 2.27. The van der Waals surface area contributed by atoms with E-state index in [1.807, 2.05) is 0 Å². The average Bonchev–Trinajstić information content (AvgIpc) is 3.31. The van der Waals surface area contributed by atoms with Crippen LogP contribution < -0.4 is 5.32 Å². The van der Waals surface area contributed by atoms with Gasteiger partial charge in [-0.2, -0.15) is 0 Å². The summed E-state index contributed by atoms with van der Waals surface area (Å²) in [6.45, 7) is 2.90. The molecule has 3 rings (SSSR count). The predicted molar refractivity (Wildman–Crippen MR) is 83.0 cm³/mol. The van der Waals surface area contributed by atoms with Crippen LogP contribution in [-0.2, 0) is 11.3 Å². The third-order valence-electron chi connectivity index (χ3n) is 4.66. The molecule has 1 atom stereocenters. The fourth-order valence-electron chi connectivity index (χ4n) is 3.36. The minimum absolute atomic E-state index is 0.0601. The van der Waals surface area contributed by atoms with Crippen molar-refractivity contribution in [3.8, 4) is 0 Å². The Hall–Kier alpha value is -1.00. The first-order valence-corrected chi connectivity index (χ1v) is 8.37. The summed E-state index contributed by atoms with van der Waals surface area (Å²) >= 11 is 0. The first-order valence-electron chi connectivity index (χ1n) is 8.37. The summed E-state index contributed by atoms with van der Waals surface area (Å²) in [7, 11) is 1.80. The van der Waals surface area contributed by atoms with Gasteiger partial charge in [-0.1, -0.05) is 19.3 Å². The van der Waals surface area contributed by atoms with Crippen molar-refractivity contribution < 1.29 is 4.74 Å². The number of ether oxygens (including phenoxy) is 1. The molecule has 1 N–H and O–H groups in total.